The van der Waals surface area contributed by atoms with Crippen LogP contribution in [0.15, 0.2) is 47.4 Å². The van der Waals surface area contributed by atoms with E-state index >= 15 is 0 Å². The van der Waals surface area contributed by atoms with Crippen LogP contribution in [0.2, 0.25) is 5.02 Å². The molecule has 0 heterocycles. The molecule has 2 aromatic rings. The topological polar surface area (TPSA) is 84.9 Å². The van der Waals surface area contributed by atoms with Crippen LogP contribution in [0.1, 0.15) is 10.4 Å². The van der Waals surface area contributed by atoms with Gasteiger partial charge in [-0.25, -0.2) is 12.7 Å². The first-order valence-electron chi connectivity index (χ1n) is 8.01. The van der Waals surface area contributed by atoms with Gasteiger partial charge in [-0.05, 0) is 42.5 Å². The average Bonchev–Trinajstić information content (AvgIpc) is 2.63. The monoisotopic (exact) mass is 412 g/mol. The van der Waals surface area contributed by atoms with Gasteiger partial charge in [0.1, 0.15) is 17.3 Å². The third-order valence-corrected chi connectivity index (χ3v) is 5.92. The smallest absolute Gasteiger partial charge is 0.255 e. The molecule has 0 radical (unpaired) electrons. The van der Waals surface area contributed by atoms with E-state index in [0.717, 1.165) is 4.31 Å². The highest BCUT2D eigenvalue weighted by Gasteiger charge is 2.22. The van der Waals surface area contributed by atoms with Crippen molar-refractivity contribution in [2.24, 2.45) is 0 Å². The first-order valence-corrected chi connectivity index (χ1v) is 9.82. The van der Waals surface area contributed by atoms with Crippen molar-refractivity contribution >= 4 is 33.2 Å². The molecule has 0 aromatic heterocycles. The third-order valence-electron chi connectivity index (χ3n) is 3.62. The highest BCUT2D eigenvalue weighted by Crippen LogP contribution is 2.25. The second-order valence-corrected chi connectivity index (χ2v) is 8.28. The van der Waals surface area contributed by atoms with Crippen LogP contribution in [0.3, 0.4) is 0 Å². The highest BCUT2D eigenvalue weighted by atomic mass is 35.5. The van der Waals surface area contributed by atoms with Gasteiger partial charge in [0.25, 0.3) is 5.91 Å². The Kier molecular flexibility index (Phi) is 7.20. The molecule has 0 saturated heterocycles. The fourth-order valence-electron chi connectivity index (χ4n) is 2.12. The number of carbonyl (C=O) groups excluding carboxylic acids is 1. The minimum atomic E-state index is -3.76. The predicted octanol–water partition coefficient (Wildman–Crippen LogP) is 2.87. The minimum Gasteiger partial charge on any atom is -0.491 e. The van der Waals surface area contributed by atoms with Crippen LogP contribution in [0.5, 0.6) is 5.75 Å². The minimum absolute atomic E-state index is 0.0535. The number of nitrogens with zero attached hydrogens (tertiary/aromatic N) is 1. The molecule has 9 heteroatoms. The van der Waals surface area contributed by atoms with E-state index in [0.29, 0.717) is 24.7 Å². The summed E-state index contributed by atoms with van der Waals surface area (Å²) in [5.41, 5.74) is 0.728. The number of sulfonamides is 1. The molecule has 2 rings (SSSR count). The number of halogens is 1. The van der Waals surface area contributed by atoms with Gasteiger partial charge in [-0.2, -0.15) is 0 Å². The van der Waals surface area contributed by atoms with E-state index in [1.54, 1.807) is 31.4 Å². The van der Waals surface area contributed by atoms with E-state index in [2.05, 4.69) is 5.32 Å². The summed E-state index contributed by atoms with van der Waals surface area (Å²) < 4.78 is 36.0. The van der Waals surface area contributed by atoms with E-state index in [4.69, 9.17) is 21.1 Å². The number of amides is 1. The van der Waals surface area contributed by atoms with Crippen molar-refractivity contribution in [3.63, 3.8) is 0 Å². The number of hydrogen-bond acceptors (Lipinski definition) is 5. The fourth-order valence-corrected chi connectivity index (χ4v) is 3.51. The summed E-state index contributed by atoms with van der Waals surface area (Å²) in [7, 11) is 0.628. The Morgan fingerprint density at radius 2 is 1.78 bits per heavy atom. The zero-order valence-electron chi connectivity index (χ0n) is 15.2. The van der Waals surface area contributed by atoms with E-state index in [-0.39, 0.29) is 15.5 Å². The van der Waals surface area contributed by atoms with Crippen LogP contribution in [0, 0.1) is 0 Å². The largest absolute Gasteiger partial charge is 0.491 e. The van der Waals surface area contributed by atoms with Crippen molar-refractivity contribution in [2.45, 2.75) is 4.90 Å². The summed E-state index contributed by atoms with van der Waals surface area (Å²) in [6, 6.07) is 10.9. The van der Waals surface area contributed by atoms with Crippen molar-refractivity contribution in [1.82, 2.24) is 4.31 Å². The molecule has 0 saturated carbocycles. The average molecular weight is 413 g/mol. The number of anilines is 1. The lowest BCUT2D eigenvalue weighted by Crippen LogP contribution is -2.23. The molecule has 0 bridgehead atoms. The van der Waals surface area contributed by atoms with E-state index in [1.165, 1.54) is 32.3 Å². The summed E-state index contributed by atoms with van der Waals surface area (Å²) in [5.74, 6) is 0.200. The van der Waals surface area contributed by atoms with Crippen molar-refractivity contribution in [3.05, 3.63) is 53.1 Å². The van der Waals surface area contributed by atoms with Gasteiger partial charge in [0.15, 0.2) is 0 Å². The molecule has 0 atom stereocenters. The van der Waals surface area contributed by atoms with Crippen molar-refractivity contribution in [2.75, 3.05) is 39.7 Å². The number of methoxy groups -OCH3 is 1. The van der Waals surface area contributed by atoms with Gasteiger partial charge in [0, 0.05) is 32.5 Å². The molecular formula is C18H21ClN2O5S. The first-order chi connectivity index (χ1) is 12.8. The molecule has 146 valence electrons. The van der Waals surface area contributed by atoms with Gasteiger partial charge < -0.3 is 14.8 Å². The summed E-state index contributed by atoms with van der Waals surface area (Å²) in [6.07, 6.45) is 0. The van der Waals surface area contributed by atoms with Crippen molar-refractivity contribution in [1.29, 1.82) is 0 Å². The molecule has 2 aromatic carbocycles. The maximum atomic E-state index is 12.5. The molecule has 1 amide bonds. The summed E-state index contributed by atoms with van der Waals surface area (Å²) in [4.78, 5) is 12.3. The van der Waals surface area contributed by atoms with Gasteiger partial charge in [-0.15, -0.1) is 0 Å². The normalized spacial score (nSPS) is 11.4. The van der Waals surface area contributed by atoms with Crippen LogP contribution >= 0.6 is 11.6 Å². The Balaban J connectivity index is 2.14. The lowest BCUT2D eigenvalue weighted by molar-refractivity contribution is 0.102. The first kappa shape index (κ1) is 21.2. The molecule has 27 heavy (non-hydrogen) atoms. The second kappa shape index (κ2) is 9.18. The molecule has 0 aliphatic heterocycles. The van der Waals surface area contributed by atoms with Gasteiger partial charge in [-0.1, -0.05) is 11.6 Å². The Bertz CT molecular complexity index is 898. The van der Waals surface area contributed by atoms with E-state index in [9.17, 15) is 13.2 Å². The summed E-state index contributed by atoms with van der Waals surface area (Å²) >= 11 is 6.00. The number of rotatable bonds is 8. The van der Waals surface area contributed by atoms with Crippen molar-refractivity contribution in [3.8, 4) is 5.75 Å². The van der Waals surface area contributed by atoms with Crippen LogP contribution in [0.25, 0.3) is 0 Å². The molecule has 0 spiro atoms. The quantitative estimate of drug-likeness (QED) is 0.674. The standard InChI is InChI=1S/C18H21ClN2O5S/c1-21(2)27(23,24)17-12-13(4-9-16(17)19)18(22)20-14-5-7-15(8-6-14)26-11-10-25-3/h4-9,12H,10-11H2,1-3H3,(H,20,22). The Labute approximate surface area is 163 Å². The highest BCUT2D eigenvalue weighted by molar-refractivity contribution is 7.89. The molecule has 0 aliphatic rings. The zero-order valence-corrected chi connectivity index (χ0v) is 16.8. The van der Waals surface area contributed by atoms with Gasteiger partial charge in [0.05, 0.1) is 11.6 Å². The van der Waals surface area contributed by atoms with Crippen LogP contribution in [-0.4, -0.2) is 53.0 Å². The Morgan fingerprint density at radius 3 is 2.37 bits per heavy atom. The van der Waals surface area contributed by atoms with Crippen LogP contribution in [0.4, 0.5) is 5.69 Å². The maximum absolute atomic E-state index is 12.5. The molecule has 0 fully saturated rings. The SMILES string of the molecule is COCCOc1ccc(NC(=O)c2ccc(Cl)c(S(=O)(=O)N(C)C)c2)cc1. The zero-order chi connectivity index (χ0) is 20.0. The van der Waals surface area contributed by atoms with Crippen LogP contribution in [-0.2, 0) is 14.8 Å². The molecular weight excluding hydrogens is 392 g/mol. The third kappa shape index (κ3) is 5.43. The maximum Gasteiger partial charge on any atom is 0.255 e. The lowest BCUT2D eigenvalue weighted by atomic mass is 10.2. The molecule has 0 aliphatic carbocycles. The van der Waals surface area contributed by atoms with E-state index in [1.807, 2.05) is 0 Å². The Hall–Kier alpha value is -2.13. The molecule has 7 nitrogen and oxygen atoms in total. The van der Waals surface area contributed by atoms with Gasteiger partial charge in [0.2, 0.25) is 10.0 Å². The predicted molar refractivity (Wildman–Crippen MR) is 104 cm³/mol. The number of carbonyl (C=O) groups is 1. The lowest BCUT2D eigenvalue weighted by Gasteiger charge is -2.14. The second-order valence-electron chi connectivity index (χ2n) is 5.75. The number of benzene rings is 2. The van der Waals surface area contributed by atoms with Gasteiger partial charge >= 0.3 is 0 Å². The summed E-state index contributed by atoms with van der Waals surface area (Å²) in [5, 5.41) is 2.76. The fraction of sp³-hybridized carbons (Fsp3) is 0.278. The van der Waals surface area contributed by atoms with Crippen LogP contribution < -0.4 is 10.1 Å². The number of ether oxygens (including phenoxy) is 2. The number of nitrogens with one attached hydrogen (secondary N) is 1. The molecule has 0 unspecified atom stereocenters. The Morgan fingerprint density at radius 1 is 1.11 bits per heavy atom. The number of hydrogen-bond donors (Lipinski definition) is 1. The van der Waals surface area contributed by atoms with Crippen molar-refractivity contribution < 1.29 is 22.7 Å². The summed E-state index contributed by atoms with van der Waals surface area (Å²) in [6.45, 7) is 0.906. The van der Waals surface area contributed by atoms with E-state index < -0.39 is 15.9 Å². The molecule has 1 N–H and O–H groups in total. The van der Waals surface area contributed by atoms with Gasteiger partial charge in [-0.3, -0.25) is 4.79 Å².